The van der Waals surface area contributed by atoms with E-state index >= 15 is 0 Å². The van der Waals surface area contributed by atoms with Gasteiger partial charge in [-0.25, -0.2) is 0 Å². The van der Waals surface area contributed by atoms with E-state index < -0.39 is 0 Å². The molecule has 0 bridgehead atoms. The average Bonchev–Trinajstić information content (AvgIpc) is 3.22. The van der Waals surface area contributed by atoms with E-state index in [-0.39, 0.29) is 17.6 Å². The summed E-state index contributed by atoms with van der Waals surface area (Å²) in [6, 6.07) is 9.61. The Hall–Kier alpha value is -2.18. The van der Waals surface area contributed by atoms with Gasteiger partial charge in [0.15, 0.2) is 0 Å². The number of rotatable bonds is 4. The third-order valence-electron chi connectivity index (χ3n) is 5.42. The van der Waals surface area contributed by atoms with E-state index in [1.165, 1.54) is 5.56 Å². The van der Waals surface area contributed by atoms with Crippen molar-refractivity contribution < 1.29 is 9.53 Å². The summed E-state index contributed by atoms with van der Waals surface area (Å²) < 4.78 is 8.04. The third-order valence-corrected chi connectivity index (χ3v) is 5.42. The second-order valence-electron chi connectivity index (χ2n) is 7.54. The number of likely N-dealkylation sites (tertiary alicyclic amines) is 1. The molecular weight excluding hydrogens is 328 g/mol. The first-order chi connectivity index (χ1) is 12.6. The molecule has 0 unspecified atom stereocenters. The SMILES string of the molecule is Cn1cc(CN2CC[C@@]3(C[C@H](NC(=O)c4ccccc4)CCO3)C2)cn1. The molecule has 3 heterocycles. The summed E-state index contributed by atoms with van der Waals surface area (Å²) in [5.74, 6) is 0.0119. The molecule has 2 fully saturated rings. The van der Waals surface area contributed by atoms with Crippen molar-refractivity contribution in [1.82, 2.24) is 20.0 Å². The first-order valence-electron chi connectivity index (χ1n) is 9.32. The Balaban J connectivity index is 1.35. The number of benzene rings is 1. The Morgan fingerprint density at radius 2 is 2.23 bits per heavy atom. The largest absolute Gasteiger partial charge is 0.373 e. The summed E-state index contributed by atoms with van der Waals surface area (Å²) in [6.07, 6.45) is 6.77. The van der Waals surface area contributed by atoms with Crippen LogP contribution in [0, 0.1) is 0 Å². The van der Waals surface area contributed by atoms with Crippen molar-refractivity contribution in [1.29, 1.82) is 0 Å². The summed E-state index contributed by atoms with van der Waals surface area (Å²) in [7, 11) is 1.94. The summed E-state index contributed by atoms with van der Waals surface area (Å²) >= 11 is 0. The maximum Gasteiger partial charge on any atom is 0.251 e. The molecule has 2 atom stereocenters. The zero-order valence-corrected chi connectivity index (χ0v) is 15.2. The van der Waals surface area contributed by atoms with Crippen LogP contribution in [-0.2, 0) is 18.3 Å². The van der Waals surface area contributed by atoms with E-state index in [4.69, 9.17) is 4.74 Å². The van der Waals surface area contributed by atoms with E-state index in [0.29, 0.717) is 6.61 Å². The molecule has 1 amide bonds. The normalized spacial score (nSPS) is 26.3. The summed E-state index contributed by atoms with van der Waals surface area (Å²) in [4.78, 5) is 14.9. The van der Waals surface area contributed by atoms with E-state index in [2.05, 4.69) is 21.5 Å². The maximum atomic E-state index is 12.5. The van der Waals surface area contributed by atoms with E-state index in [0.717, 1.165) is 44.5 Å². The highest BCUT2D eigenvalue weighted by Gasteiger charge is 2.43. The van der Waals surface area contributed by atoms with Crippen molar-refractivity contribution in [3.8, 4) is 0 Å². The molecule has 6 nitrogen and oxygen atoms in total. The van der Waals surface area contributed by atoms with Crippen LogP contribution in [0.2, 0.25) is 0 Å². The topological polar surface area (TPSA) is 59.4 Å². The molecule has 1 aromatic heterocycles. The number of aryl methyl sites for hydroxylation is 1. The van der Waals surface area contributed by atoms with E-state index in [1.807, 2.05) is 48.3 Å². The maximum absolute atomic E-state index is 12.5. The number of carbonyl (C=O) groups excluding carboxylic acids is 1. The minimum atomic E-state index is -0.130. The van der Waals surface area contributed by atoms with Gasteiger partial charge in [0.25, 0.3) is 5.91 Å². The van der Waals surface area contributed by atoms with Crippen molar-refractivity contribution in [2.24, 2.45) is 7.05 Å². The lowest BCUT2D eigenvalue weighted by Crippen LogP contribution is -2.49. The first kappa shape index (κ1) is 17.2. The van der Waals surface area contributed by atoms with E-state index in [1.54, 1.807) is 0 Å². The lowest BCUT2D eigenvalue weighted by molar-refractivity contribution is -0.0793. The molecule has 1 N–H and O–H groups in total. The zero-order valence-electron chi connectivity index (χ0n) is 15.2. The van der Waals surface area contributed by atoms with Gasteiger partial charge in [-0.05, 0) is 31.4 Å². The molecular formula is C20H26N4O2. The standard InChI is InChI=1S/C20H26N4O2/c1-23-13-16(12-21-23)14-24-9-8-20(15-24)11-18(7-10-26-20)22-19(25)17-5-3-2-4-6-17/h2-6,12-13,18H,7-11,14-15H2,1H3,(H,22,25)/t18-,20-/m1/s1. The van der Waals surface area contributed by atoms with Crippen molar-refractivity contribution in [2.45, 2.75) is 37.5 Å². The van der Waals surface area contributed by atoms with E-state index in [9.17, 15) is 4.79 Å². The minimum absolute atomic E-state index is 0.0119. The van der Waals surface area contributed by atoms with Crippen molar-refractivity contribution in [2.75, 3.05) is 19.7 Å². The highest BCUT2D eigenvalue weighted by atomic mass is 16.5. The van der Waals surface area contributed by atoms with Gasteiger partial charge >= 0.3 is 0 Å². The lowest BCUT2D eigenvalue weighted by atomic mass is 9.89. The minimum Gasteiger partial charge on any atom is -0.373 e. The number of aromatic nitrogens is 2. The number of ether oxygens (including phenoxy) is 1. The number of hydrogen-bond donors (Lipinski definition) is 1. The Bertz CT molecular complexity index is 760. The second-order valence-corrected chi connectivity index (χ2v) is 7.54. The van der Waals surface area contributed by atoms with Gasteiger partial charge in [0.2, 0.25) is 0 Å². The van der Waals surface area contributed by atoms with Crippen LogP contribution in [0.15, 0.2) is 42.7 Å². The highest BCUT2D eigenvalue weighted by Crippen LogP contribution is 2.35. The summed E-state index contributed by atoms with van der Waals surface area (Å²) in [5, 5.41) is 7.45. The second kappa shape index (κ2) is 7.21. The number of carbonyl (C=O) groups is 1. The molecule has 0 aliphatic carbocycles. The summed E-state index contributed by atoms with van der Waals surface area (Å²) in [5.41, 5.74) is 1.82. The van der Waals surface area contributed by atoms with Crippen LogP contribution in [0.1, 0.15) is 35.2 Å². The van der Waals surface area contributed by atoms with Gasteiger partial charge < -0.3 is 10.1 Å². The van der Waals surface area contributed by atoms with Crippen molar-refractivity contribution >= 4 is 5.91 Å². The Morgan fingerprint density at radius 1 is 1.38 bits per heavy atom. The van der Waals surface area contributed by atoms with Crippen LogP contribution in [0.4, 0.5) is 0 Å². The molecule has 1 aromatic carbocycles. The van der Waals surface area contributed by atoms with Crippen LogP contribution < -0.4 is 5.32 Å². The predicted molar refractivity (Wildman–Crippen MR) is 98.7 cm³/mol. The Labute approximate surface area is 154 Å². The molecule has 2 aliphatic heterocycles. The number of amides is 1. The molecule has 2 aliphatic rings. The van der Waals surface area contributed by atoms with Crippen LogP contribution in [0.3, 0.4) is 0 Å². The molecule has 0 radical (unpaired) electrons. The fourth-order valence-electron chi connectivity index (χ4n) is 4.17. The molecule has 4 rings (SSSR count). The first-order valence-corrected chi connectivity index (χ1v) is 9.32. The van der Waals surface area contributed by atoms with Crippen molar-refractivity contribution in [3.63, 3.8) is 0 Å². The number of nitrogens with zero attached hydrogens (tertiary/aromatic N) is 3. The number of nitrogens with one attached hydrogen (secondary N) is 1. The molecule has 1 spiro atoms. The van der Waals surface area contributed by atoms with Gasteiger partial charge in [-0.15, -0.1) is 0 Å². The Kier molecular flexibility index (Phi) is 4.78. The quantitative estimate of drug-likeness (QED) is 0.912. The summed E-state index contributed by atoms with van der Waals surface area (Å²) in [6.45, 7) is 3.55. The Morgan fingerprint density at radius 3 is 3.00 bits per heavy atom. The molecule has 26 heavy (non-hydrogen) atoms. The van der Waals surface area contributed by atoms with Gasteiger partial charge in [0, 0.05) is 56.7 Å². The van der Waals surface area contributed by atoms with Gasteiger partial charge in [-0.1, -0.05) is 18.2 Å². The van der Waals surface area contributed by atoms with Gasteiger partial charge in [-0.3, -0.25) is 14.4 Å². The van der Waals surface area contributed by atoms with Crippen LogP contribution >= 0.6 is 0 Å². The van der Waals surface area contributed by atoms with Crippen molar-refractivity contribution in [3.05, 3.63) is 53.9 Å². The predicted octanol–water partition coefficient (Wildman–Crippen LogP) is 1.97. The van der Waals surface area contributed by atoms with Gasteiger partial charge in [0.05, 0.1) is 11.8 Å². The van der Waals surface area contributed by atoms with Crippen LogP contribution in [0.5, 0.6) is 0 Å². The highest BCUT2D eigenvalue weighted by molar-refractivity contribution is 5.94. The molecule has 0 saturated carbocycles. The third kappa shape index (κ3) is 3.81. The zero-order chi connectivity index (χ0) is 18.0. The van der Waals surface area contributed by atoms with Gasteiger partial charge in [-0.2, -0.15) is 5.10 Å². The molecule has 6 heteroatoms. The molecule has 138 valence electrons. The fraction of sp³-hybridized carbons (Fsp3) is 0.500. The fourth-order valence-corrected chi connectivity index (χ4v) is 4.17. The number of hydrogen-bond acceptors (Lipinski definition) is 4. The van der Waals surface area contributed by atoms with Crippen LogP contribution in [-0.4, -0.2) is 51.9 Å². The monoisotopic (exact) mass is 354 g/mol. The average molecular weight is 354 g/mol. The van der Waals surface area contributed by atoms with Gasteiger partial charge in [0.1, 0.15) is 0 Å². The van der Waals surface area contributed by atoms with Crippen LogP contribution in [0.25, 0.3) is 0 Å². The lowest BCUT2D eigenvalue weighted by Gasteiger charge is -2.38. The smallest absolute Gasteiger partial charge is 0.251 e. The molecule has 2 aromatic rings. The molecule has 2 saturated heterocycles.